The molecule has 2 amide bonds. The number of carbonyl (C=O) groups is 2. The summed E-state index contributed by atoms with van der Waals surface area (Å²) in [7, 11) is -4.25. The average molecular weight is 605 g/mol. The molecular weight excluding hydrogens is 569 g/mol. The Balaban J connectivity index is 2.12. The second-order valence-corrected chi connectivity index (χ2v) is 12.6. The average Bonchev–Trinajstić information content (AvgIpc) is 2.89. The maximum Gasteiger partial charge on any atom is 0.264 e. The lowest BCUT2D eigenvalue weighted by molar-refractivity contribution is -0.140. The molecule has 0 bridgehead atoms. The Morgan fingerprint density at radius 3 is 2.17 bits per heavy atom. The molecule has 7 nitrogen and oxygen atoms in total. The van der Waals surface area contributed by atoms with Crippen molar-refractivity contribution in [1.82, 2.24) is 10.2 Å². The highest BCUT2D eigenvalue weighted by Gasteiger charge is 2.35. The van der Waals surface area contributed by atoms with Gasteiger partial charge in [0.2, 0.25) is 11.8 Å². The van der Waals surface area contributed by atoms with Gasteiger partial charge in [0.25, 0.3) is 10.0 Å². The first-order chi connectivity index (χ1) is 18.9. The highest BCUT2D eigenvalue weighted by molar-refractivity contribution is 7.92. The lowest BCUT2D eigenvalue weighted by Gasteiger charge is -2.34. The van der Waals surface area contributed by atoms with Crippen LogP contribution in [0.4, 0.5) is 5.69 Å². The molecule has 0 saturated heterocycles. The van der Waals surface area contributed by atoms with Gasteiger partial charge in [-0.05, 0) is 69.5 Å². The molecule has 0 fully saturated rings. The lowest BCUT2D eigenvalue weighted by Crippen LogP contribution is -2.53. The SMILES string of the molecule is CCC(C(=O)NC(C)C)N(Cc1ccccc1C)C(=O)CN(c1cccc(Cl)c1Cl)S(=O)(=O)c1ccc(C)cc1. The molecule has 10 heteroatoms. The number of anilines is 1. The van der Waals surface area contributed by atoms with Crippen molar-refractivity contribution in [2.45, 2.75) is 64.6 Å². The largest absolute Gasteiger partial charge is 0.352 e. The van der Waals surface area contributed by atoms with E-state index in [2.05, 4.69) is 5.32 Å². The molecule has 3 rings (SSSR count). The Kier molecular flexibility index (Phi) is 10.6. The van der Waals surface area contributed by atoms with Crippen LogP contribution >= 0.6 is 23.2 Å². The zero-order chi connectivity index (χ0) is 29.6. The summed E-state index contributed by atoms with van der Waals surface area (Å²) in [5.74, 6) is -0.867. The fourth-order valence-electron chi connectivity index (χ4n) is 4.31. The smallest absolute Gasteiger partial charge is 0.264 e. The van der Waals surface area contributed by atoms with E-state index in [9.17, 15) is 18.0 Å². The summed E-state index contributed by atoms with van der Waals surface area (Å²) in [6.45, 7) is 8.81. The predicted molar refractivity (Wildman–Crippen MR) is 161 cm³/mol. The Morgan fingerprint density at radius 2 is 1.57 bits per heavy atom. The highest BCUT2D eigenvalue weighted by Crippen LogP contribution is 2.35. The van der Waals surface area contributed by atoms with Crippen LogP contribution in [-0.4, -0.2) is 43.8 Å². The third kappa shape index (κ3) is 7.36. The fraction of sp³-hybridized carbons (Fsp3) is 0.333. The van der Waals surface area contributed by atoms with Gasteiger partial charge < -0.3 is 10.2 Å². The number of nitrogens with one attached hydrogen (secondary N) is 1. The van der Waals surface area contributed by atoms with Crippen LogP contribution in [0.5, 0.6) is 0 Å². The van der Waals surface area contributed by atoms with Gasteiger partial charge in [0.15, 0.2) is 0 Å². The highest BCUT2D eigenvalue weighted by atomic mass is 35.5. The molecule has 1 N–H and O–H groups in total. The molecule has 1 atom stereocenters. The minimum absolute atomic E-state index is 0.00250. The molecule has 0 aliphatic rings. The number of benzene rings is 3. The van der Waals surface area contributed by atoms with E-state index in [4.69, 9.17) is 23.2 Å². The Hall–Kier alpha value is -3.07. The maximum absolute atomic E-state index is 14.1. The number of nitrogens with zero attached hydrogens (tertiary/aromatic N) is 2. The summed E-state index contributed by atoms with van der Waals surface area (Å²) < 4.78 is 28.9. The molecule has 0 aliphatic carbocycles. The van der Waals surface area contributed by atoms with Gasteiger partial charge in [0, 0.05) is 12.6 Å². The van der Waals surface area contributed by atoms with E-state index in [1.165, 1.54) is 23.1 Å². The molecule has 0 aromatic heterocycles. The first-order valence-electron chi connectivity index (χ1n) is 13.0. The maximum atomic E-state index is 14.1. The van der Waals surface area contributed by atoms with Gasteiger partial charge in [0.1, 0.15) is 12.6 Å². The molecule has 0 saturated carbocycles. The molecule has 0 aliphatic heterocycles. The van der Waals surface area contributed by atoms with E-state index < -0.39 is 28.5 Å². The second-order valence-electron chi connectivity index (χ2n) is 9.93. The van der Waals surface area contributed by atoms with Gasteiger partial charge in [-0.25, -0.2) is 8.42 Å². The lowest BCUT2D eigenvalue weighted by atomic mass is 10.1. The van der Waals surface area contributed by atoms with Crippen molar-refractivity contribution in [2.24, 2.45) is 0 Å². The Labute approximate surface area is 247 Å². The van der Waals surface area contributed by atoms with Crippen molar-refractivity contribution in [3.05, 3.63) is 93.5 Å². The molecular formula is C30H35Cl2N3O4S. The predicted octanol–water partition coefficient (Wildman–Crippen LogP) is 6.14. The van der Waals surface area contributed by atoms with E-state index in [-0.39, 0.29) is 39.1 Å². The van der Waals surface area contributed by atoms with Crippen molar-refractivity contribution >= 4 is 50.7 Å². The molecule has 40 heavy (non-hydrogen) atoms. The summed E-state index contributed by atoms with van der Waals surface area (Å²) in [5.41, 5.74) is 2.74. The number of hydrogen-bond donors (Lipinski definition) is 1. The van der Waals surface area contributed by atoms with Gasteiger partial charge in [-0.1, -0.05) is 78.2 Å². The third-order valence-corrected chi connectivity index (χ3v) is 9.09. The standard InChI is InChI=1S/C30H35Cl2N3O4S/c1-6-26(30(37)33-20(2)3)34(18-23-11-8-7-10-22(23)5)28(36)19-35(27-13-9-12-25(31)29(27)32)40(38,39)24-16-14-21(4)15-17-24/h7-17,20,26H,6,18-19H2,1-5H3,(H,33,37). The van der Waals surface area contributed by atoms with E-state index >= 15 is 0 Å². The molecule has 0 heterocycles. The Morgan fingerprint density at radius 1 is 0.925 bits per heavy atom. The van der Waals surface area contributed by atoms with Crippen molar-refractivity contribution in [3.63, 3.8) is 0 Å². The van der Waals surface area contributed by atoms with E-state index in [0.29, 0.717) is 6.42 Å². The van der Waals surface area contributed by atoms with Crippen molar-refractivity contribution in [2.75, 3.05) is 10.8 Å². The Bertz CT molecular complexity index is 1460. The number of halogens is 2. The number of sulfonamides is 1. The van der Waals surface area contributed by atoms with E-state index in [1.807, 2.05) is 58.9 Å². The van der Waals surface area contributed by atoms with Gasteiger partial charge >= 0.3 is 0 Å². The molecule has 3 aromatic carbocycles. The summed E-state index contributed by atoms with van der Waals surface area (Å²) in [5, 5.41) is 3.04. The van der Waals surface area contributed by atoms with Crippen LogP contribution in [0.1, 0.15) is 43.9 Å². The second kappa shape index (κ2) is 13.5. The zero-order valence-electron chi connectivity index (χ0n) is 23.3. The quantitative estimate of drug-likeness (QED) is 0.285. The number of carbonyl (C=O) groups excluding carboxylic acids is 2. The van der Waals surface area contributed by atoms with Crippen molar-refractivity contribution in [1.29, 1.82) is 0 Å². The molecule has 1 unspecified atom stereocenters. The molecule has 0 spiro atoms. The first-order valence-corrected chi connectivity index (χ1v) is 15.2. The number of amides is 2. The number of hydrogen-bond acceptors (Lipinski definition) is 4. The van der Waals surface area contributed by atoms with E-state index in [0.717, 1.165) is 21.0 Å². The van der Waals surface area contributed by atoms with Crippen LogP contribution in [0, 0.1) is 13.8 Å². The van der Waals surface area contributed by atoms with Crippen LogP contribution in [0.3, 0.4) is 0 Å². The summed E-state index contributed by atoms with van der Waals surface area (Å²) in [6.07, 6.45) is 0.332. The van der Waals surface area contributed by atoms with Gasteiger partial charge in [-0.3, -0.25) is 13.9 Å². The first kappa shape index (κ1) is 31.5. The molecule has 3 aromatic rings. The monoisotopic (exact) mass is 603 g/mol. The van der Waals surface area contributed by atoms with Gasteiger partial charge in [-0.2, -0.15) is 0 Å². The van der Waals surface area contributed by atoms with Gasteiger partial charge in [-0.15, -0.1) is 0 Å². The van der Waals surface area contributed by atoms with Crippen LogP contribution in [0.25, 0.3) is 0 Å². The third-order valence-electron chi connectivity index (χ3n) is 6.51. The van der Waals surface area contributed by atoms with Crippen LogP contribution in [0.2, 0.25) is 10.0 Å². The zero-order valence-corrected chi connectivity index (χ0v) is 25.6. The van der Waals surface area contributed by atoms with Crippen molar-refractivity contribution in [3.8, 4) is 0 Å². The minimum Gasteiger partial charge on any atom is -0.352 e. The van der Waals surface area contributed by atoms with Crippen molar-refractivity contribution < 1.29 is 18.0 Å². The topological polar surface area (TPSA) is 86.8 Å². The summed E-state index contributed by atoms with van der Waals surface area (Å²) >= 11 is 12.8. The number of aryl methyl sites for hydroxylation is 2. The molecule has 214 valence electrons. The van der Waals surface area contributed by atoms with Gasteiger partial charge in [0.05, 0.1) is 20.6 Å². The van der Waals surface area contributed by atoms with E-state index in [1.54, 1.807) is 24.3 Å². The summed E-state index contributed by atoms with van der Waals surface area (Å²) in [4.78, 5) is 28.8. The normalized spacial score (nSPS) is 12.2. The molecule has 0 radical (unpaired) electrons. The van der Waals surface area contributed by atoms with Crippen LogP contribution < -0.4 is 9.62 Å². The number of rotatable bonds is 11. The fourth-order valence-corrected chi connectivity index (χ4v) is 6.18. The van der Waals surface area contributed by atoms with Crippen LogP contribution in [-0.2, 0) is 26.2 Å². The summed E-state index contributed by atoms with van der Waals surface area (Å²) in [6, 6.07) is 17.5. The van der Waals surface area contributed by atoms with Crippen LogP contribution in [0.15, 0.2) is 71.6 Å². The minimum atomic E-state index is -4.25.